The molecule has 0 saturated carbocycles. The summed E-state index contributed by atoms with van der Waals surface area (Å²) < 4.78 is 10.5. The molecule has 1 amide bonds. The molecule has 1 aliphatic rings. The van der Waals surface area contributed by atoms with E-state index in [2.05, 4.69) is 15.5 Å². The van der Waals surface area contributed by atoms with Gasteiger partial charge in [0.25, 0.3) is 5.91 Å². The smallest absolute Gasteiger partial charge is 0.310 e. The van der Waals surface area contributed by atoms with E-state index in [1.807, 2.05) is 38.1 Å². The number of aliphatic imine (C=N–C) groups is 1. The quantitative estimate of drug-likeness (QED) is 0.372. The molecule has 1 aromatic carbocycles. The Hall–Kier alpha value is -3.29. The maximum atomic E-state index is 12.5. The van der Waals surface area contributed by atoms with Gasteiger partial charge >= 0.3 is 5.97 Å². The molecule has 1 fully saturated rings. The summed E-state index contributed by atoms with van der Waals surface area (Å²) in [7, 11) is 0. The molecule has 0 radical (unpaired) electrons. The second kappa shape index (κ2) is 11.9. The summed E-state index contributed by atoms with van der Waals surface area (Å²) in [4.78, 5) is 31.5. The predicted molar refractivity (Wildman–Crippen MR) is 122 cm³/mol. The van der Waals surface area contributed by atoms with Crippen molar-refractivity contribution in [3.63, 3.8) is 0 Å². The normalized spacial score (nSPS) is 16.5. The van der Waals surface area contributed by atoms with Crippen LogP contribution in [-0.2, 0) is 22.6 Å². The molecule has 2 aromatic rings. The Labute approximate surface area is 189 Å². The number of likely N-dealkylation sites (tertiary alicyclic amines) is 1. The SMILES string of the molecule is CCNC(=NCc1cccc(C(=O)NCc2ccco2)c1)N1CCCC(C(=O)OCC)C1. The molecule has 1 aliphatic heterocycles. The number of benzene rings is 1. The van der Waals surface area contributed by atoms with E-state index in [1.165, 1.54) is 0 Å². The summed E-state index contributed by atoms with van der Waals surface area (Å²) in [6.07, 6.45) is 3.34. The molecule has 8 heteroatoms. The van der Waals surface area contributed by atoms with Gasteiger partial charge in [-0.1, -0.05) is 12.1 Å². The summed E-state index contributed by atoms with van der Waals surface area (Å²) >= 11 is 0. The molecule has 2 N–H and O–H groups in total. The molecule has 8 nitrogen and oxygen atoms in total. The lowest BCUT2D eigenvalue weighted by atomic mass is 9.98. The third kappa shape index (κ3) is 6.60. The number of carbonyl (C=O) groups is 2. The molecular formula is C24H32N4O4. The van der Waals surface area contributed by atoms with Crippen molar-refractivity contribution in [3.05, 3.63) is 59.5 Å². The molecule has 0 bridgehead atoms. The van der Waals surface area contributed by atoms with Crippen molar-refractivity contribution < 1.29 is 18.7 Å². The Morgan fingerprint density at radius 3 is 2.84 bits per heavy atom. The third-order valence-corrected chi connectivity index (χ3v) is 5.28. The highest BCUT2D eigenvalue weighted by Crippen LogP contribution is 2.18. The average molecular weight is 441 g/mol. The second-order valence-electron chi connectivity index (χ2n) is 7.67. The highest BCUT2D eigenvalue weighted by Gasteiger charge is 2.28. The van der Waals surface area contributed by atoms with Crippen molar-refractivity contribution in [1.82, 2.24) is 15.5 Å². The minimum absolute atomic E-state index is 0.131. The van der Waals surface area contributed by atoms with Crippen LogP contribution in [0, 0.1) is 5.92 Å². The Morgan fingerprint density at radius 1 is 1.22 bits per heavy atom. The maximum absolute atomic E-state index is 12.5. The second-order valence-corrected chi connectivity index (χ2v) is 7.67. The van der Waals surface area contributed by atoms with E-state index in [0.29, 0.717) is 37.6 Å². The van der Waals surface area contributed by atoms with Gasteiger partial charge in [0.15, 0.2) is 5.96 Å². The number of hydrogen-bond acceptors (Lipinski definition) is 5. The molecule has 1 saturated heterocycles. The lowest BCUT2D eigenvalue weighted by Gasteiger charge is -2.34. The topological polar surface area (TPSA) is 96.2 Å². The Kier molecular flexibility index (Phi) is 8.71. The van der Waals surface area contributed by atoms with Gasteiger partial charge in [0, 0.05) is 25.2 Å². The van der Waals surface area contributed by atoms with Gasteiger partial charge in [0.1, 0.15) is 5.76 Å². The number of rotatable bonds is 8. The van der Waals surface area contributed by atoms with Gasteiger partial charge in [-0.3, -0.25) is 9.59 Å². The van der Waals surface area contributed by atoms with Gasteiger partial charge in [-0.25, -0.2) is 4.99 Å². The third-order valence-electron chi connectivity index (χ3n) is 5.28. The van der Waals surface area contributed by atoms with E-state index in [1.54, 1.807) is 18.4 Å². The van der Waals surface area contributed by atoms with Gasteiger partial charge in [-0.05, 0) is 56.5 Å². The van der Waals surface area contributed by atoms with Crippen LogP contribution >= 0.6 is 0 Å². The van der Waals surface area contributed by atoms with Gasteiger partial charge in [0.05, 0.1) is 31.9 Å². The van der Waals surface area contributed by atoms with Crippen molar-refractivity contribution in [2.24, 2.45) is 10.9 Å². The lowest BCUT2D eigenvalue weighted by Crippen LogP contribution is -2.48. The first kappa shape index (κ1) is 23.4. The van der Waals surface area contributed by atoms with Crippen molar-refractivity contribution in [2.45, 2.75) is 39.8 Å². The van der Waals surface area contributed by atoms with Crippen molar-refractivity contribution in [3.8, 4) is 0 Å². The zero-order valence-corrected chi connectivity index (χ0v) is 18.8. The first-order valence-corrected chi connectivity index (χ1v) is 11.2. The zero-order chi connectivity index (χ0) is 22.8. The fourth-order valence-electron chi connectivity index (χ4n) is 3.71. The largest absolute Gasteiger partial charge is 0.467 e. The number of nitrogens with zero attached hydrogens (tertiary/aromatic N) is 2. The van der Waals surface area contributed by atoms with Crippen LogP contribution in [0.3, 0.4) is 0 Å². The van der Waals surface area contributed by atoms with Gasteiger partial charge in [0.2, 0.25) is 0 Å². The molecule has 0 aliphatic carbocycles. The Balaban J connectivity index is 1.63. The van der Waals surface area contributed by atoms with E-state index >= 15 is 0 Å². The average Bonchev–Trinajstić information content (AvgIpc) is 3.34. The van der Waals surface area contributed by atoms with E-state index in [9.17, 15) is 9.59 Å². The minimum atomic E-state index is -0.160. The first-order valence-electron chi connectivity index (χ1n) is 11.2. The van der Waals surface area contributed by atoms with E-state index < -0.39 is 0 Å². The van der Waals surface area contributed by atoms with Crippen molar-refractivity contribution in [1.29, 1.82) is 0 Å². The van der Waals surface area contributed by atoms with Crippen molar-refractivity contribution in [2.75, 3.05) is 26.2 Å². The molecule has 32 heavy (non-hydrogen) atoms. The lowest BCUT2D eigenvalue weighted by molar-refractivity contribution is -0.149. The first-order chi connectivity index (χ1) is 15.6. The number of guanidine groups is 1. The Morgan fingerprint density at radius 2 is 2.09 bits per heavy atom. The molecule has 0 spiro atoms. The molecule has 3 rings (SSSR count). The maximum Gasteiger partial charge on any atom is 0.310 e. The number of amides is 1. The molecule has 1 aromatic heterocycles. The summed E-state index contributed by atoms with van der Waals surface area (Å²) in [5.74, 6) is 1.05. The predicted octanol–water partition coefficient (Wildman–Crippen LogP) is 2.95. The van der Waals surface area contributed by atoms with E-state index in [0.717, 1.165) is 37.5 Å². The van der Waals surface area contributed by atoms with Crippen LogP contribution in [0.5, 0.6) is 0 Å². The number of esters is 1. The number of ether oxygens (including phenoxy) is 1. The fourth-order valence-corrected chi connectivity index (χ4v) is 3.71. The highest BCUT2D eigenvalue weighted by atomic mass is 16.5. The van der Waals surface area contributed by atoms with Crippen molar-refractivity contribution >= 4 is 17.8 Å². The number of hydrogen-bond donors (Lipinski definition) is 2. The van der Waals surface area contributed by atoms with E-state index in [-0.39, 0.29) is 17.8 Å². The number of piperidine rings is 1. The number of furan rings is 1. The van der Waals surface area contributed by atoms with Gasteiger partial charge < -0.3 is 24.7 Å². The summed E-state index contributed by atoms with van der Waals surface area (Å²) in [6.45, 7) is 7.19. The number of carbonyl (C=O) groups excluding carboxylic acids is 2. The molecule has 2 heterocycles. The molecular weight excluding hydrogens is 408 g/mol. The van der Waals surface area contributed by atoms with Crippen LogP contribution in [0.4, 0.5) is 0 Å². The van der Waals surface area contributed by atoms with Crippen LogP contribution in [0.25, 0.3) is 0 Å². The van der Waals surface area contributed by atoms with Gasteiger partial charge in [-0.15, -0.1) is 0 Å². The highest BCUT2D eigenvalue weighted by molar-refractivity contribution is 5.94. The summed E-state index contributed by atoms with van der Waals surface area (Å²) in [5.41, 5.74) is 1.51. The van der Waals surface area contributed by atoms with Crippen LogP contribution in [0.1, 0.15) is 48.4 Å². The molecule has 1 atom stereocenters. The van der Waals surface area contributed by atoms with Crippen LogP contribution in [0.15, 0.2) is 52.1 Å². The summed E-state index contributed by atoms with van der Waals surface area (Å²) in [5, 5.41) is 6.18. The van der Waals surface area contributed by atoms with Crippen LogP contribution in [-0.4, -0.2) is 49.0 Å². The van der Waals surface area contributed by atoms with Crippen LogP contribution in [0.2, 0.25) is 0 Å². The summed E-state index contributed by atoms with van der Waals surface area (Å²) in [6, 6.07) is 11.1. The molecule has 172 valence electrons. The monoisotopic (exact) mass is 440 g/mol. The minimum Gasteiger partial charge on any atom is -0.467 e. The molecule has 1 unspecified atom stereocenters. The van der Waals surface area contributed by atoms with Crippen LogP contribution < -0.4 is 10.6 Å². The number of nitrogens with one attached hydrogen (secondary N) is 2. The van der Waals surface area contributed by atoms with E-state index in [4.69, 9.17) is 14.1 Å². The Bertz CT molecular complexity index is 910. The zero-order valence-electron chi connectivity index (χ0n) is 18.8. The standard InChI is InChI=1S/C24H32N4O4/c1-3-25-24(28-12-6-10-20(17-28)23(30)31-4-2)27-15-18-8-5-9-19(14-18)22(29)26-16-21-11-7-13-32-21/h5,7-9,11,13-14,20H,3-4,6,10,12,15-17H2,1-2H3,(H,25,27)(H,26,29). The fraction of sp³-hybridized carbons (Fsp3) is 0.458. The van der Waals surface area contributed by atoms with Gasteiger partial charge in [-0.2, -0.15) is 0 Å².